The first-order valence-corrected chi connectivity index (χ1v) is 9.06. The lowest BCUT2D eigenvalue weighted by Gasteiger charge is -2.07. The van der Waals surface area contributed by atoms with Crippen LogP contribution < -0.4 is 5.32 Å². The molecule has 0 saturated carbocycles. The molecule has 0 aliphatic rings. The fourth-order valence-electron chi connectivity index (χ4n) is 2.54. The number of aromatic nitrogens is 6. The highest BCUT2D eigenvalue weighted by Gasteiger charge is 2.18. The summed E-state index contributed by atoms with van der Waals surface area (Å²) in [7, 11) is 0. The second kappa shape index (κ2) is 7.00. The topological polar surface area (TPSA) is 119 Å². The second-order valence-electron chi connectivity index (χ2n) is 5.38. The summed E-state index contributed by atoms with van der Waals surface area (Å²) >= 11 is 1.32. The minimum atomic E-state index is -1.12. The lowest BCUT2D eigenvalue weighted by molar-refractivity contribution is 0.0697. The van der Waals surface area contributed by atoms with Gasteiger partial charge in [-0.25, -0.2) is 24.7 Å². The van der Waals surface area contributed by atoms with Gasteiger partial charge in [-0.3, -0.25) is 0 Å². The smallest absolute Gasteiger partial charge is 0.341 e. The summed E-state index contributed by atoms with van der Waals surface area (Å²) in [5.41, 5.74) is 0.740. The summed E-state index contributed by atoms with van der Waals surface area (Å²) in [6.07, 6.45) is 6.35. The number of hydrogen-bond donors (Lipinski definition) is 2. The molecule has 10 heteroatoms. The molecule has 0 atom stereocenters. The Hall–Kier alpha value is -3.53. The maximum absolute atomic E-state index is 11.5. The number of thioether (sulfide) groups is 1. The van der Waals surface area contributed by atoms with Crippen LogP contribution in [0.5, 0.6) is 0 Å². The van der Waals surface area contributed by atoms with E-state index in [1.807, 2.05) is 30.5 Å². The third-order valence-corrected chi connectivity index (χ3v) is 4.31. The Bertz CT molecular complexity index is 1130. The van der Waals surface area contributed by atoms with Gasteiger partial charge in [-0.05, 0) is 24.5 Å². The predicted octanol–water partition coefficient (Wildman–Crippen LogP) is 2.77. The SMILES string of the molecule is CSc1ncc(C(=O)O)c(Nc2nn(-c3ncccn3)c3ccccc23)n1. The average Bonchev–Trinajstić information content (AvgIpc) is 3.07. The van der Waals surface area contributed by atoms with Gasteiger partial charge >= 0.3 is 5.97 Å². The first-order valence-electron chi connectivity index (χ1n) is 7.84. The van der Waals surface area contributed by atoms with E-state index in [1.165, 1.54) is 18.0 Å². The molecule has 3 heterocycles. The number of carbonyl (C=O) groups is 1. The number of carboxylic acid groups (broad SMARTS) is 1. The van der Waals surface area contributed by atoms with Crippen molar-refractivity contribution in [3.63, 3.8) is 0 Å². The lowest BCUT2D eigenvalue weighted by atomic mass is 10.2. The third-order valence-electron chi connectivity index (χ3n) is 3.75. The first-order chi connectivity index (χ1) is 13.2. The molecule has 0 saturated heterocycles. The lowest BCUT2D eigenvalue weighted by Crippen LogP contribution is -2.08. The Morgan fingerprint density at radius 3 is 2.63 bits per heavy atom. The van der Waals surface area contributed by atoms with E-state index in [1.54, 1.807) is 23.1 Å². The zero-order valence-corrected chi connectivity index (χ0v) is 14.9. The van der Waals surface area contributed by atoms with Gasteiger partial charge in [0.15, 0.2) is 16.8 Å². The Morgan fingerprint density at radius 1 is 1.11 bits per heavy atom. The zero-order valence-electron chi connectivity index (χ0n) is 14.1. The summed E-state index contributed by atoms with van der Waals surface area (Å²) in [6, 6.07) is 9.23. The Morgan fingerprint density at radius 2 is 1.89 bits per heavy atom. The Kier molecular flexibility index (Phi) is 4.38. The highest BCUT2D eigenvalue weighted by Crippen LogP contribution is 2.28. The number of nitrogens with zero attached hydrogens (tertiary/aromatic N) is 6. The number of para-hydroxylation sites is 1. The minimum absolute atomic E-state index is 0.0395. The number of benzene rings is 1. The molecule has 0 radical (unpaired) electrons. The second-order valence-corrected chi connectivity index (χ2v) is 6.15. The maximum Gasteiger partial charge on any atom is 0.341 e. The highest BCUT2D eigenvalue weighted by atomic mass is 32.2. The van der Waals surface area contributed by atoms with Gasteiger partial charge in [0, 0.05) is 24.0 Å². The van der Waals surface area contributed by atoms with E-state index >= 15 is 0 Å². The molecule has 27 heavy (non-hydrogen) atoms. The summed E-state index contributed by atoms with van der Waals surface area (Å²) in [5, 5.41) is 18.2. The molecule has 2 N–H and O–H groups in total. The van der Waals surface area contributed by atoms with Crippen molar-refractivity contribution in [1.82, 2.24) is 29.7 Å². The van der Waals surface area contributed by atoms with Crippen molar-refractivity contribution < 1.29 is 9.90 Å². The zero-order chi connectivity index (χ0) is 18.8. The molecule has 1 aromatic carbocycles. The van der Waals surface area contributed by atoms with E-state index in [-0.39, 0.29) is 11.4 Å². The molecule has 134 valence electrons. The van der Waals surface area contributed by atoms with Crippen molar-refractivity contribution in [2.45, 2.75) is 5.16 Å². The Labute approximate surface area is 157 Å². The molecule has 0 unspecified atom stereocenters. The van der Waals surface area contributed by atoms with Crippen molar-refractivity contribution in [2.24, 2.45) is 0 Å². The molecule has 0 aliphatic carbocycles. The van der Waals surface area contributed by atoms with Crippen LogP contribution in [0.1, 0.15) is 10.4 Å². The average molecular weight is 379 g/mol. The van der Waals surface area contributed by atoms with Gasteiger partial charge in [-0.1, -0.05) is 23.9 Å². The van der Waals surface area contributed by atoms with Crippen LogP contribution in [0.25, 0.3) is 16.9 Å². The summed E-state index contributed by atoms with van der Waals surface area (Å²) in [5.74, 6) is -0.0921. The van der Waals surface area contributed by atoms with Crippen molar-refractivity contribution in [2.75, 3.05) is 11.6 Å². The molecule has 0 spiro atoms. The van der Waals surface area contributed by atoms with E-state index in [2.05, 4.69) is 30.4 Å². The van der Waals surface area contributed by atoms with Gasteiger partial charge in [0.25, 0.3) is 5.95 Å². The predicted molar refractivity (Wildman–Crippen MR) is 101 cm³/mol. The van der Waals surface area contributed by atoms with E-state index in [9.17, 15) is 9.90 Å². The summed E-state index contributed by atoms with van der Waals surface area (Å²) in [6.45, 7) is 0. The quantitative estimate of drug-likeness (QED) is 0.398. The molecule has 4 rings (SSSR count). The molecule has 4 aromatic rings. The van der Waals surface area contributed by atoms with Crippen LogP contribution in [-0.4, -0.2) is 47.0 Å². The van der Waals surface area contributed by atoms with Crippen LogP contribution in [0.2, 0.25) is 0 Å². The van der Waals surface area contributed by atoms with Gasteiger partial charge in [-0.15, -0.1) is 5.10 Å². The third kappa shape index (κ3) is 3.17. The number of aromatic carboxylic acids is 1. The normalized spacial score (nSPS) is 10.9. The van der Waals surface area contributed by atoms with Crippen LogP contribution in [0.15, 0.2) is 54.1 Å². The molecule has 0 amide bonds. The number of hydrogen-bond acceptors (Lipinski definition) is 8. The van der Waals surface area contributed by atoms with Gasteiger partial charge in [0.2, 0.25) is 0 Å². The Balaban J connectivity index is 1.86. The molecular weight excluding hydrogens is 366 g/mol. The fraction of sp³-hybridized carbons (Fsp3) is 0.0588. The summed E-state index contributed by atoms with van der Waals surface area (Å²) < 4.78 is 1.59. The largest absolute Gasteiger partial charge is 0.477 e. The van der Waals surface area contributed by atoms with Crippen LogP contribution in [0, 0.1) is 0 Å². The minimum Gasteiger partial charge on any atom is -0.477 e. The van der Waals surface area contributed by atoms with E-state index in [4.69, 9.17) is 0 Å². The highest BCUT2D eigenvalue weighted by molar-refractivity contribution is 7.98. The van der Waals surface area contributed by atoms with Crippen LogP contribution in [-0.2, 0) is 0 Å². The van der Waals surface area contributed by atoms with Crippen molar-refractivity contribution in [1.29, 1.82) is 0 Å². The molecule has 9 nitrogen and oxygen atoms in total. The van der Waals surface area contributed by atoms with Gasteiger partial charge in [-0.2, -0.15) is 4.68 Å². The maximum atomic E-state index is 11.5. The number of nitrogens with one attached hydrogen (secondary N) is 1. The van der Waals surface area contributed by atoms with E-state index in [0.29, 0.717) is 16.9 Å². The molecule has 0 fully saturated rings. The van der Waals surface area contributed by atoms with Crippen molar-refractivity contribution in [3.05, 3.63) is 54.5 Å². The molecule has 3 aromatic heterocycles. The van der Waals surface area contributed by atoms with Crippen LogP contribution in [0.3, 0.4) is 0 Å². The van der Waals surface area contributed by atoms with Gasteiger partial charge < -0.3 is 10.4 Å². The number of fused-ring (bicyclic) bond motifs is 1. The van der Waals surface area contributed by atoms with E-state index < -0.39 is 5.97 Å². The molecule has 0 aliphatic heterocycles. The number of rotatable bonds is 5. The van der Waals surface area contributed by atoms with Gasteiger partial charge in [0.1, 0.15) is 5.56 Å². The summed E-state index contributed by atoms with van der Waals surface area (Å²) in [4.78, 5) is 28.3. The fourth-order valence-corrected chi connectivity index (χ4v) is 2.88. The standard InChI is InChI=1S/C17H13N7O2S/c1-27-17-20-9-11(15(25)26)13(22-17)21-14-10-5-2-3-6-12(10)24(23-14)16-18-7-4-8-19-16/h2-9H,1H3,(H,25,26)(H,20,21,22,23). The monoisotopic (exact) mass is 379 g/mol. The molecule has 0 bridgehead atoms. The van der Waals surface area contributed by atoms with Crippen molar-refractivity contribution in [3.8, 4) is 5.95 Å². The van der Waals surface area contributed by atoms with E-state index in [0.717, 1.165) is 10.9 Å². The molecular formula is C17H13N7O2S. The number of carboxylic acids is 1. The van der Waals surface area contributed by atoms with Crippen LogP contribution >= 0.6 is 11.8 Å². The van der Waals surface area contributed by atoms with Crippen LogP contribution in [0.4, 0.5) is 11.6 Å². The first kappa shape index (κ1) is 16.9. The van der Waals surface area contributed by atoms with Gasteiger partial charge in [0.05, 0.1) is 5.52 Å². The number of anilines is 2. The van der Waals surface area contributed by atoms with Crippen molar-refractivity contribution >= 4 is 40.3 Å².